The van der Waals surface area contributed by atoms with Crippen molar-refractivity contribution in [2.75, 3.05) is 46.2 Å². The summed E-state index contributed by atoms with van der Waals surface area (Å²) in [6.45, 7) is -6.11. The molecule has 7 saturated heterocycles. The smallest absolute Gasteiger partial charge is 0.217 e. The number of carbonyl (C=O) groups excluding carboxylic acids is 1. The Kier molecular flexibility index (Phi) is 23.6. The van der Waals surface area contributed by atoms with Crippen LogP contribution < -0.4 is 5.32 Å². The second kappa shape index (κ2) is 28.7. The summed E-state index contributed by atoms with van der Waals surface area (Å²) in [5.41, 5.74) is 0. The lowest BCUT2D eigenvalue weighted by Crippen LogP contribution is -2.69. The summed E-state index contributed by atoms with van der Waals surface area (Å²) in [5, 5.41) is 239. The lowest BCUT2D eigenvalue weighted by atomic mass is 9.95. The Balaban J connectivity index is 1.20. The Labute approximate surface area is 457 Å². The van der Waals surface area contributed by atoms with Crippen molar-refractivity contribution in [1.82, 2.24) is 5.32 Å². The first kappa shape index (κ1) is 66.6. The maximum atomic E-state index is 12.1. The van der Waals surface area contributed by atoms with E-state index in [0.29, 0.717) is 0 Å². The third-order valence-electron chi connectivity index (χ3n) is 14.9. The van der Waals surface area contributed by atoms with Crippen LogP contribution >= 0.6 is 0 Å². The maximum Gasteiger partial charge on any atom is 0.217 e. The summed E-state index contributed by atoms with van der Waals surface area (Å²) in [4.78, 5) is 12.1. The third-order valence-corrected chi connectivity index (χ3v) is 14.9. The van der Waals surface area contributed by atoms with Crippen molar-refractivity contribution in [3.63, 3.8) is 0 Å². The quantitative estimate of drug-likeness (QED) is 0.0538. The number of carbonyl (C=O) groups is 1. The van der Waals surface area contributed by atoms with E-state index in [9.17, 15) is 117 Å². The standard InChI is InChI=1S/C44H75NO36/c1-9(52)45-17-24(59)33(15(7-51)70-38(17)68)77-41-32(67)34(78-43-36(28(63)21(56)13(5-49)74-43)79-39-30(65)25(60)18(53)10(2-46)71-39)23(58)16(76-41)8-69-42-35(27(62)20(55)12(4-48)73-42)81-44-37(29(64)22(57)14(6-50)75-44)80-40-31(66)26(61)19(54)11(3-47)72-40/h10-44,46-51,53-68H,2-8H2,1H3,(H,45,52)/t10-,11-,12-,13-,14-,15-,16-,17-,18-,19-,20-,21-,22-,23-,24-,25+,26+,27+,28+,29+,30+,31+,32+,33-,34+,35+,36+,37+,38?,39-,40-,41+,42+,43-,44-/m1/s1. The minimum atomic E-state index is -2.37. The molecule has 23 N–H and O–H groups in total. The summed E-state index contributed by atoms with van der Waals surface area (Å²) in [7, 11) is 0. The molecule has 81 heavy (non-hydrogen) atoms. The first-order valence-corrected chi connectivity index (χ1v) is 25.6. The van der Waals surface area contributed by atoms with E-state index in [4.69, 9.17) is 61.6 Å². The highest BCUT2D eigenvalue weighted by molar-refractivity contribution is 5.73. The van der Waals surface area contributed by atoms with Gasteiger partial charge in [-0.15, -0.1) is 0 Å². The van der Waals surface area contributed by atoms with Gasteiger partial charge in [0.25, 0.3) is 0 Å². The van der Waals surface area contributed by atoms with E-state index < -0.39 is 267 Å². The van der Waals surface area contributed by atoms with E-state index >= 15 is 0 Å². The summed E-state index contributed by atoms with van der Waals surface area (Å²) in [5.74, 6) is -0.797. The van der Waals surface area contributed by atoms with Gasteiger partial charge in [0.05, 0.1) is 46.2 Å². The molecular weight excluding hydrogens is 1120 g/mol. The molecule has 0 bridgehead atoms. The Bertz CT molecular complexity index is 1940. The number of rotatable bonds is 20. The Morgan fingerprint density at radius 3 is 1.05 bits per heavy atom. The van der Waals surface area contributed by atoms with E-state index in [1.54, 1.807) is 0 Å². The predicted octanol–water partition coefficient (Wildman–Crippen LogP) is -16.1. The highest BCUT2D eigenvalue weighted by Gasteiger charge is 2.58. The van der Waals surface area contributed by atoms with Crippen molar-refractivity contribution >= 4 is 5.91 Å². The van der Waals surface area contributed by atoms with Crippen molar-refractivity contribution in [3.8, 4) is 0 Å². The first-order chi connectivity index (χ1) is 38.3. The van der Waals surface area contributed by atoms with Gasteiger partial charge in [-0.05, 0) is 0 Å². The van der Waals surface area contributed by atoms with Crippen LogP contribution in [0.15, 0.2) is 0 Å². The van der Waals surface area contributed by atoms with E-state index in [1.807, 2.05) is 0 Å². The molecule has 0 aromatic carbocycles. The molecule has 1 unspecified atom stereocenters. The molecule has 0 aromatic heterocycles. The fourth-order valence-corrected chi connectivity index (χ4v) is 10.2. The summed E-state index contributed by atoms with van der Waals surface area (Å²) < 4.78 is 74.5. The van der Waals surface area contributed by atoms with Gasteiger partial charge in [0.15, 0.2) is 44.0 Å². The van der Waals surface area contributed by atoms with Crippen molar-refractivity contribution in [1.29, 1.82) is 0 Å². The van der Waals surface area contributed by atoms with Gasteiger partial charge in [-0.1, -0.05) is 0 Å². The molecule has 7 aliphatic heterocycles. The second-order valence-corrected chi connectivity index (χ2v) is 20.3. The van der Waals surface area contributed by atoms with E-state index in [1.165, 1.54) is 0 Å². The molecule has 35 atom stereocenters. The van der Waals surface area contributed by atoms with Crippen LogP contribution in [-0.4, -0.2) is 379 Å². The third kappa shape index (κ3) is 14.1. The van der Waals surface area contributed by atoms with Crippen molar-refractivity contribution in [3.05, 3.63) is 0 Å². The van der Waals surface area contributed by atoms with Gasteiger partial charge in [-0.2, -0.15) is 0 Å². The molecule has 0 aliphatic carbocycles. The van der Waals surface area contributed by atoms with Crippen LogP contribution in [0, 0.1) is 0 Å². The fourth-order valence-electron chi connectivity index (χ4n) is 10.2. The Morgan fingerprint density at radius 1 is 0.321 bits per heavy atom. The molecule has 0 aromatic rings. The Hall–Kier alpha value is -1.93. The molecule has 1 amide bonds. The molecule has 0 spiro atoms. The average Bonchev–Trinajstić information content (AvgIpc) is 3.45. The second-order valence-electron chi connectivity index (χ2n) is 20.3. The highest BCUT2D eigenvalue weighted by Crippen LogP contribution is 2.38. The maximum absolute atomic E-state index is 12.1. The zero-order valence-electron chi connectivity index (χ0n) is 42.7. The average molecular weight is 1190 g/mol. The van der Waals surface area contributed by atoms with Gasteiger partial charge in [0.2, 0.25) is 5.91 Å². The SMILES string of the molecule is CC(=O)N[C@H]1C(O)O[C@H](CO)[C@@H](O[C@@H]2O[C@H](CO[C@H]3O[C@H](CO)[C@@H](O)[C@H](O)[C@@H]3O[C@H]3O[C@H](CO)[C@@H](O)[C@H](O)[C@@H]3O[C@H]3O[C@H](CO)[C@@H](O)[C@H](O)[C@@H]3O)[C@@H](O)[C@H](O[C@H]3O[C@H](CO)[C@@H](O)[C@H](O)[C@@H]3O[C@H]3O[C@H](CO)[C@@H](O)[C@H](O)[C@@H]3O)[C@@H]2O)[C@@H]1O. The van der Waals surface area contributed by atoms with E-state index in [2.05, 4.69) is 5.32 Å². The number of hydrogen-bond acceptors (Lipinski definition) is 36. The van der Waals surface area contributed by atoms with E-state index in [0.717, 1.165) is 6.92 Å². The largest absolute Gasteiger partial charge is 0.394 e. The van der Waals surface area contributed by atoms with Gasteiger partial charge in [-0.3, -0.25) is 4.79 Å². The topological polar surface area (TPSA) is 594 Å². The van der Waals surface area contributed by atoms with Crippen LogP contribution in [0.5, 0.6) is 0 Å². The van der Waals surface area contributed by atoms with Crippen LogP contribution in [0.25, 0.3) is 0 Å². The van der Waals surface area contributed by atoms with Crippen LogP contribution in [0.4, 0.5) is 0 Å². The molecule has 472 valence electrons. The zero-order valence-corrected chi connectivity index (χ0v) is 42.7. The first-order valence-electron chi connectivity index (χ1n) is 25.6. The normalized spacial score (nSPS) is 51.9. The van der Waals surface area contributed by atoms with Crippen molar-refractivity contribution < 1.29 is 179 Å². The molecule has 7 rings (SSSR count). The number of ether oxygens (including phenoxy) is 13. The van der Waals surface area contributed by atoms with Gasteiger partial charge < -0.3 is 179 Å². The molecule has 37 nitrogen and oxygen atoms in total. The van der Waals surface area contributed by atoms with Crippen LogP contribution in [0.3, 0.4) is 0 Å². The minimum Gasteiger partial charge on any atom is -0.394 e. The molecule has 0 saturated carbocycles. The predicted molar refractivity (Wildman–Crippen MR) is 243 cm³/mol. The number of amides is 1. The van der Waals surface area contributed by atoms with Gasteiger partial charge in [0, 0.05) is 6.92 Å². The van der Waals surface area contributed by atoms with Crippen LogP contribution in [0.2, 0.25) is 0 Å². The molecule has 0 radical (unpaired) electrons. The zero-order chi connectivity index (χ0) is 59.6. The van der Waals surface area contributed by atoms with Crippen LogP contribution in [-0.2, 0) is 66.4 Å². The highest BCUT2D eigenvalue weighted by atomic mass is 16.8. The minimum absolute atomic E-state index is 0.797. The number of nitrogens with one attached hydrogen (secondary N) is 1. The number of aliphatic hydroxyl groups is 22. The van der Waals surface area contributed by atoms with Crippen LogP contribution in [0.1, 0.15) is 6.92 Å². The summed E-state index contributed by atoms with van der Waals surface area (Å²) in [6, 6.07) is -1.68. The molecular formula is C44H75NO36. The number of hydrogen-bond donors (Lipinski definition) is 23. The van der Waals surface area contributed by atoms with Crippen molar-refractivity contribution in [2.45, 2.75) is 222 Å². The summed E-state index contributed by atoms with van der Waals surface area (Å²) in [6.07, 6.45) is -68.9. The lowest BCUT2D eigenvalue weighted by Gasteiger charge is -2.50. The van der Waals surface area contributed by atoms with E-state index in [-0.39, 0.29) is 0 Å². The van der Waals surface area contributed by atoms with Gasteiger partial charge >= 0.3 is 0 Å². The number of aliphatic hydroxyl groups excluding tert-OH is 22. The van der Waals surface area contributed by atoms with Gasteiger partial charge in [-0.25, -0.2) is 0 Å². The van der Waals surface area contributed by atoms with Gasteiger partial charge in [0.1, 0.15) is 171 Å². The summed E-state index contributed by atoms with van der Waals surface area (Å²) >= 11 is 0. The monoisotopic (exact) mass is 1190 g/mol. The fraction of sp³-hybridized carbons (Fsp3) is 0.977. The molecule has 7 fully saturated rings. The molecule has 37 heteroatoms. The lowest BCUT2D eigenvalue weighted by molar-refractivity contribution is -0.402. The molecule has 7 heterocycles. The van der Waals surface area contributed by atoms with Crippen molar-refractivity contribution in [2.24, 2.45) is 0 Å². The Morgan fingerprint density at radius 2 is 0.642 bits per heavy atom. The molecule has 7 aliphatic rings.